The molecular formula is C23H27FN2O3. The molecule has 4 N–H and O–H groups in total. The Kier molecular flexibility index (Phi) is 11.5. The molecule has 2 aromatic carbocycles. The summed E-state index contributed by atoms with van der Waals surface area (Å²) in [5.41, 5.74) is 5.91. The Balaban J connectivity index is 0.000000563. The minimum absolute atomic E-state index is 0.298. The quantitative estimate of drug-likeness (QED) is 0.419. The summed E-state index contributed by atoms with van der Waals surface area (Å²) < 4.78 is 12.9. The maximum absolute atomic E-state index is 12.9. The molecule has 154 valence electrons. The summed E-state index contributed by atoms with van der Waals surface area (Å²) >= 11 is 0. The van der Waals surface area contributed by atoms with Gasteiger partial charge in [-0.3, -0.25) is 9.59 Å². The van der Waals surface area contributed by atoms with Crippen molar-refractivity contribution >= 4 is 12.2 Å². The zero-order valence-electron chi connectivity index (χ0n) is 16.9. The van der Waals surface area contributed by atoms with E-state index in [-0.39, 0.29) is 5.82 Å². The molecule has 1 unspecified atom stereocenters. The average Bonchev–Trinajstić information content (AvgIpc) is 2.68. The lowest BCUT2D eigenvalue weighted by atomic mass is 9.99. The van der Waals surface area contributed by atoms with Gasteiger partial charge in [0.05, 0.1) is 5.60 Å². The van der Waals surface area contributed by atoms with Crippen molar-refractivity contribution in [3.05, 3.63) is 84.2 Å². The molecule has 29 heavy (non-hydrogen) atoms. The first-order valence-corrected chi connectivity index (χ1v) is 8.69. The predicted molar refractivity (Wildman–Crippen MR) is 114 cm³/mol. The lowest BCUT2D eigenvalue weighted by Crippen LogP contribution is -2.53. The van der Waals surface area contributed by atoms with Crippen LogP contribution in [0.2, 0.25) is 0 Å². The number of benzene rings is 2. The highest BCUT2D eigenvalue weighted by molar-refractivity contribution is 5.81. The van der Waals surface area contributed by atoms with Crippen LogP contribution >= 0.6 is 0 Å². The van der Waals surface area contributed by atoms with Gasteiger partial charge in [0.1, 0.15) is 18.1 Å². The van der Waals surface area contributed by atoms with Crippen molar-refractivity contribution in [1.82, 2.24) is 5.32 Å². The number of halogens is 1. The highest BCUT2D eigenvalue weighted by atomic mass is 19.1. The van der Waals surface area contributed by atoms with Gasteiger partial charge in [-0.15, -0.1) is 13.2 Å². The van der Waals surface area contributed by atoms with Crippen molar-refractivity contribution < 1.29 is 19.1 Å². The van der Waals surface area contributed by atoms with Gasteiger partial charge in [-0.1, -0.05) is 30.0 Å². The van der Waals surface area contributed by atoms with Gasteiger partial charge >= 0.3 is 0 Å². The van der Waals surface area contributed by atoms with Crippen LogP contribution in [-0.2, 0) is 4.79 Å². The number of aliphatic hydroxyl groups is 1. The maximum Gasteiger partial charge on any atom is 0.237 e. The average molecular weight is 398 g/mol. The number of primary amides is 1. The number of nitrogens with one attached hydrogen (secondary N) is 1. The third-order valence-corrected chi connectivity index (χ3v) is 3.50. The smallest absolute Gasteiger partial charge is 0.237 e. The van der Waals surface area contributed by atoms with E-state index in [1.165, 1.54) is 26.0 Å². The largest absolute Gasteiger partial charge is 0.388 e. The summed E-state index contributed by atoms with van der Waals surface area (Å²) in [6.45, 7) is 9.05. The van der Waals surface area contributed by atoms with E-state index in [4.69, 9.17) is 5.73 Å². The Morgan fingerprint density at radius 2 is 1.72 bits per heavy atom. The molecule has 0 bridgehead atoms. The topological polar surface area (TPSA) is 92.4 Å². The van der Waals surface area contributed by atoms with Crippen molar-refractivity contribution in [2.75, 3.05) is 7.05 Å². The molecule has 0 fully saturated rings. The van der Waals surface area contributed by atoms with Crippen LogP contribution in [0.15, 0.2) is 61.7 Å². The van der Waals surface area contributed by atoms with Gasteiger partial charge in [0, 0.05) is 16.7 Å². The standard InChI is InChI=1S/C15H9FO.C6H14N2O2.C2H4/c16-15-3-1-2-13(10-15)7-4-12-5-8-14(11-17)9-6-12;1-6(2,10)4(8-3)5(7)9;1-2/h1-3,5-6,8-11H;4,8,10H,1-3H3,(H2,7,9);1-2H2. The van der Waals surface area contributed by atoms with E-state index in [0.717, 1.165) is 11.8 Å². The maximum atomic E-state index is 12.9. The number of amides is 1. The van der Waals surface area contributed by atoms with Crippen LogP contribution in [0.4, 0.5) is 4.39 Å². The Labute approximate surface area is 171 Å². The Bertz CT molecular complexity index is 847. The molecule has 0 radical (unpaired) electrons. The fraction of sp³-hybridized carbons (Fsp3) is 0.217. The van der Waals surface area contributed by atoms with Crippen molar-refractivity contribution in [2.24, 2.45) is 5.73 Å². The lowest BCUT2D eigenvalue weighted by Gasteiger charge is -2.25. The summed E-state index contributed by atoms with van der Waals surface area (Å²) in [6.07, 6.45) is 0.782. The lowest BCUT2D eigenvalue weighted by molar-refractivity contribution is -0.125. The summed E-state index contributed by atoms with van der Waals surface area (Å²) in [6, 6.07) is 12.4. The van der Waals surface area contributed by atoms with E-state index < -0.39 is 17.6 Å². The molecule has 5 nitrogen and oxygen atoms in total. The van der Waals surface area contributed by atoms with Gasteiger partial charge in [-0.05, 0) is 51.2 Å². The first kappa shape index (κ1) is 25.7. The first-order valence-electron chi connectivity index (χ1n) is 8.69. The van der Waals surface area contributed by atoms with Crippen LogP contribution in [-0.4, -0.2) is 36.0 Å². The van der Waals surface area contributed by atoms with E-state index in [1.807, 2.05) is 0 Å². The Morgan fingerprint density at radius 3 is 2.10 bits per heavy atom. The molecule has 0 aromatic heterocycles. The zero-order valence-corrected chi connectivity index (χ0v) is 16.9. The summed E-state index contributed by atoms with van der Waals surface area (Å²) in [5, 5.41) is 11.9. The monoisotopic (exact) mass is 398 g/mol. The van der Waals surface area contributed by atoms with E-state index in [9.17, 15) is 19.1 Å². The minimum Gasteiger partial charge on any atom is -0.388 e. The SMILES string of the molecule is C=C.CNC(C(N)=O)C(C)(C)O.O=Cc1ccc(C#Cc2cccc(F)c2)cc1. The molecule has 0 heterocycles. The van der Waals surface area contributed by atoms with E-state index >= 15 is 0 Å². The second-order valence-corrected chi connectivity index (χ2v) is 6.28. The second-order valence-electron chi connectivity index (χ2n) is 6.28. The highest BCUT2D eigenvalue weighted by Gasteiger charge is 2.29. The van der Waals surface area contributed by atoms with Gasteiger partial charge in [0.15, 0.2) is 0 Å². The Morgan fingerprint density at radius 1 is 1.17 bits per heavy atom. The van der Waals surface area contributed by atoms with Crippen molar-refractivity contribution in [3.8, 4) is 11.8 Å². The molecule has 0 aliphatic heterocycles. The first-order chi connectivity index (χ1) is 13.7. The third kappa shape index (κ3) is 10.0. The van der Waals surface area contributed by atoms with Crippen molar-refractivity contribution in [1.29, 1.82) is 0 Å². The summed E-state index contributed by atoms with van der Waals surface area (Å²) in [4.78, 5) is 21.0. The van der Waals surface area contributed by atoms with E-state index in [1.54, 1.807) is 43.4 Å². The zero-order chi connectivity index (χ0) is 22.4. The van der Waals surface area contributed by atoms with Gasteiger partial charge in [-0.2, -0.15) is 0 Å². The molecule has 1 amide bonds. The molecule has 0 spiro atoms. The van der Waals surface area contributed by atoms with Gasteiger partial charge < -0.3 is 16.2 Å². The number of hydrogen-bond donors (Lipinski definition) is 3. The van der Waals surface area contributed by atoms with E-state index in [2.05, 4.69) is 30.3 Å². The minimum atomic E-state index is -1.10. The molecule has 2 rings (SSSR count). The van der Waals surface area contributed by atoms with Crippen LogP contribution in [0.1, 0.15) is 35.3 Å². The van der Waals surface area contributed by atoms with Gasteiger partial charge in [0.2, 0.25) is 5.91 Å². The number of carbonyl (C=O) groups excluding carboxylic acids is 2. The van der Waals surface area contributed by atoms with Crippen LogP contribution in [0, 0.1) is 17.7 Å². The van der Waals surface area contributed by atoms with Crippen molar-refractivity contribution in [2.45, 2.75) is 25.5 Å². The summed E-state index contributed by atoms with van der Waals surface area (Å²) in [5.74, 6) is 4.92. The molecule has 6 heteroatoms. The summed E-state index contributed by atoms with van der Waals surface area (Å²) in [7, 11) is 1.58. The molecule has 1 atom stereocenters. The number of aldehydes is 1. The highest BCUT2D eigenvalue weighted by Crippen LogP contribution is 2.06. The number of rotatable bonds is 4. The molecule has 2 aromatic rings. The normalized spacial score (nSPS) is 10.7. The molecule has 0 saturated heterocycles. The fourth-order valence-electron chi connectivity index (χ4n) is 2.20. The fourth-order valence-corrected chi connectivity index (χ4v) is 2.20. The van der Waals surface area contributed by atoms with Crippen LogP contribution < -0.4 is 11.1 Å². The van der Waals surface area contributed by atoms with Crippen LogP contribution in [0.25, 0.3) is 0 Å². The number of nitrogens with two attached hydrogens (primary N) is 1. The molecule has 0 saturated carbocycles. The predicted octanol–water partition coefficient (Wildman–Crippen LogP) is 2.67. The number of carbonyl (C=O) groups is 2. The van der Waals surface area contributed by atoms with Crippen LogP contribution in [0.3, 0.4) is 0 Å². The van der Waals surface area contributed by atoms with Gasteiger partial charge in [0.25, 0.3) is 0 Å². The molecule has 0 aliphatic rings. The molecular weight excluding hydrogens is 371 g/mol. The van der Waals surface area contributed by atoms with Gasteiger partial charge in [-0.25, -0.2) is 4.39 Å². The molecule has 0 aliphatic carbocycles. The number of hydrogen-bond acceptors (Lipinski definition) is 4. The van der Waals surface area contributed by atoms with Crippen LogP contribution in [0.5, 0.6) is 0 Å². The number of likely N-dealkylation sites (N-methyl/N-ethyl adjacent to an activating group) is 1. The third-order valence-electron chi connectivity index (χ3n) is 3.50. The Hall–Kier alpha value is -3.27. The van der Waals surface area contributed by atoms with E-state index in [0.29, 0.717) is 11.1 Å². The second kappa shape index (κ2) is 13.0. The van der Waals surface area contributed by atoms with Crippen molar-refractivity contribution in [3.63, 3.8) is 0 Å².